The zero-order chi connectivity index (χ0) is 22.0. The molecule has 0 bridgehead atoms. The summed E-state index contributed by atoms with van der Waals surface area (Å²) in [6, 6.07) is 14.0. The lowest BCUT2D eigenvalue weighted by atomic mass is 10.1. The molecule has 1 fully saturated rings. The summed E-state index contributed by atoms with van der Waals surface area (Å²) in [6.45, 7) is 5.59. The van der Waals surface area contributed by atoms with E-state index in [1.807, 2.05) is 44.2 Å². The molecule has 0 radical (unpaired) electrons. The average molecular weight is 438 g/mol. The van der Waals surface area contributed by atoms with Crippen LogP contribution in [0.15, 0.2) is 42.5 Å². The Morgan fingerprint density at radius 2 is 2.06 bits per heavy atom. The SMILES string of the molecule is Cc1ccc(C)c(OCCCN(C)C(=O)C2CC(=O)N(c3nc4ccccc4s3)C2)c1. The van der Waals surface area contributed by atoms with E-state index in [0.717, 1.165) is 33.5 Å². The van der Waals surface area contributed by atoms with Crippen LogP contribution in [0, 0.1) is 19.8 Å². The largest absolute Gasteiger partial charge is 0.493 e. The van der Waals surface area contributed by atoms with Gasteiger partial charge < -0.3 is 9.64 Å². The second-order valence-electron chi connectivity index (χ2n) is 8.10. The van der Waals surface area contributed by atoms with Gasteiger partial charge in [0.05, 0.1) is 22.7 Å². The van der Waals surface area contributed by atoms with Crippen molar-refractivity contribution in [2.24, 2.45) is 5.92 Å². The molecule has 0 spiro atoms. The number of aryl methyl sites for hydroxylation is 2. The van der Waals surface area contributed by atoms with E-state index in [1.54, 1.807) is 16.8 Å². The van der Waals surface area contributed by atoms with Crippen molar-refractivity contribution >= 4 is 38.5 Å². The van der Waals surface area contributed by atoms with Crippen molar-refractivity contribution in [2.45, 2.75) is 26.7 Å². The van der Waals surface area contributed by atoms with Gasteiger partial charge in [0, 0.05) is 26.6 Å². The number of hydrogen-bond donors (Lipinski definition) is 0. The van der Waals surface area contributed by atoms with Crippen LogP contribution >= 0.6 is 11.3 Å². The Bertz CT molecular complexity index is 1080. The highest BCUT2D eigenvalue weighted by molar-refractivity contribution is 7.22. The normalized spacial score (nSPS) is 16.2. The zero-order valence-corrected chi connectivity index (χ0v) is 18.9. The summed E-state index contributed by atoms with van der Waals surface area (Å²) in [7, 11) is 1.80. The number of ether oxygens (including phenoxy) is 1. The third-order valence-electron chi connectivity index (χ3n) is 5.60. The number of fused-ring (bicyclic) bond motifs is 1. The number of anilines is 1. The molecule has 1 unspecified atom stereocenters. The third-order valence-corrected chi connectivity index (χ3v) is 6.66. The van der Waals surface area contributed by atoms with Gasteiger partial charge in [-0.2, -0.15) is 0 Å². The molecule has 4 rings (SSSR count). The van der Waals surface area contributed by atoms with E-state index in [0.29, 0.717) is 24.8 Å². The molecule has 2 aromatic carbocycles. The summed E-state index contributed by atoms with van der Waals surface area (Å²) in [5, 5.41) is 0.672. The summed E-state index contributed by atoms with van der Waals surface area (Å²) in [4.78, 5) is 33.4. The van der Waals surface area contributed by atoms with E-state index in [9.17, 15) is 9.59 Å². The Morgan fingerprint density at radius 3 is 2.87 bits per heavy atom. The number of rotatable bonds is 7. The molecule has 6 nitrogen and oxygen atoms in total. The Balaban J connectivity index is 1.29. The fourth-order valence-corrected chi connectivity index (χ4v) is 4.79. The average Bonchev–Trinajstić information content (AvgIpc) is 3.36. The molecule has 1 saturated heterocycles. The van der Waals surface area contributed by atoms with Gasteiger partial charge in [0.1, 0.15) is 5.75 Å². The molecule has 31 heavy (non-hydrogen) atoms. The smallest absolute Gasteiger partial charge is 0.229 e. The minimum Gasteiger partial charge on any atom is -0.493 e. The van der Waals surface area contributed by atoms with Crippen molar-refractivity contribution in [3.8, 4) is 5.75 Å². The highest BCUT2D eigenvalue weighted by atomic mass is 32.1. The molecule has 0 saturated carbocycles. The lowest BCUT2D eigenvalue weighted by molar-refractivity contribution is -0.134. The predicted octanol–water partition coefficient (Wildman–Crippen LogP) is 4.19. The van der Waals surface area contributed by atoms with Crippen molar-refractivity contribution < 1.29 is 14.3 Å². The first-order valence-corrected chi connectivity index (χ1v) is 11.3. The second kappa shape index (κ2) is 9.06. The van der Waals surface area contributed by atoms with Crippen molar-refractivity contribution in [1.29, 1.82) is 0 Å². The number of amides is 2. The van der Waals surface area contributed by atoms with Crippen LogP contribution in [0.1, 0.15) is 24.0 Å². The number of para-hydroxylation sites is 1. The number of nitrogens with zero attached hydrogens (tertiary/aromatic N) is 3. The monoisotopic (exact) mass is 437 g/mol. The number of aromatic nitrogens is 1. The summed E-state index contributed by atoms with van der Waals surface area (Å²) in [5.74, 6) is 0.527. The summed E-state index contributed by atoms with van der Waals surface area (Å²) in [5.41, 5.74) is 3.15. The Hall–Kier alpha value is -2.93. The van der Waals surface area contributed by atoms with E-state index in [2.05, 4.69) is 17.1 Å². The van der Waals surface area contributed by atoms with Gasteiger partial charge in [0.15, 0.2) is 5.13 Å². The molecule has 7 heteroatoms. The number of carbonyl (C=O) groups is 2. The molecule has 1 atom stereocenters. The van der Waals surface area contributed by atoms with Crippen LogP contribution in [0.25, 0.3) is 10.2 Å². The van der Waals surface area contributed by atoms with Gasteiger partial charge in [-0.1, -0.05) is 35.6 Å². The lowest BCUT2D eigenvalue weighted by Crippen LogP contribution is -2.35. The van der Waals surface area contributed by atoms with Crippen LogP contribution in [0.3, 0.4) is 0 Å². The molecule has 1 aliphatic rings. The van der Waals surface area contributed by atoms with Crippen molar-refractivity contribution in [3.63, 3.8) is 0 Å². The van der Waals surface area contributed by atoms with Gasteiger partial charge in [0.25, 0.3) is 0 Å². The molecule has 2 amide bonds. The Kier molecular flexibility index (Phi) is 6.23. The van der Waals surface area contributed by atoms with E-state index >= 15 is 0 Å². The summed E-state index contributed by atoms with van der Waals surface area (Å²) < 4.78 is 6.93. The van der Waals surface area contributed by atoms with Crippen LogP contribution in [0.5, 0.6) is 5.75 Å². The maximum absolute atomic E-state index is 12.9. The fourth-order valence-electron chi connectivity index (χ4n) is 3.80. The van der Waals surface area contributed by atoms with Gasteiger partial charge in [-0.25, -0.2) is 4.98 Å². The first kappa shape index (κ1) is 21.3. The van der Waals surface area contributed by atoms with Crippen molar-refractivity contribution in [1.82, 2.24) is 9.88 Å². The molecule has 1 aliphatic heterocycles. The van der Waals surface area contributed by atoms with Crippen LogP contribution in [-0.2, 0) is 9.59 Å². The van der Waals surface area contributed by atoms with E-state index in [1.165, 1.54) is 11.3 Å². The Morgan fingerprint density at radius 1 is 1.26 bits per heavy atom. The van der Waals surface area contributed by atoms with Crippen molar-refractivity contribution in [2.75, 3.05) is 31.6 Å². The molecule has 0 N–H and O–H groups in total. The maximum Gasteiger partial charge on any atom is 0.229 e. The zero-order valence-electron chi connectivity index (χ0n) is 18.1. The van der Waals surface area contributed by atoms with Gasteiger partial charge in [-0.3, -0.25) is 14.5 Å². The van der Waals surface area contributed by atoms with E-state index < -0.39 is 0 Å². The standard InChI is InChI=1S/C24H27N3O3S/c1-16-9-10-17(2)20(13-16)30-12-6-11-26(3)23(29)18-14-22(28)27(15-18)24-25-19-7-4-5-8-21(19)31-24/h4-5,7-10,13,18H,6,11-12,14-15H2,1-3H3. The van der Waals surface area contributed by atoms with Crippen molar-refractivity contribution in [3.05, 3.63) is 53.6 Å². The fraction of sp³-hybridized carbons (Fsp3) is 0.375. The minimum absolute atomic E-state index is 0.00342. The molecule has 2 heterocycles. The second-order valence-corrected chi connectivity index (χ2v) is 9.11. The van der Waals surface area contributed by atoms with Gasteiger partial charge in [-0.15, -0.1) is 0 Å². The van der Waals surface area contributed by atoms with E-state index in [4.69, 9.17) is 4.74 Å². The maximum atomic E-state index is 12.9. The molecule has 0 aliphatic carbocycles. The predicted molar refractivity (Wildman–Crippen MR) is 124 cm³/mol. The number of carbonyl (C=O) groups excluding carboxylic acids is 2. The van der Waals surface area contributed by atoms with Gasteiger partial charge >= 0.3 is 0 Å². The molecule has 1 aromatic heterocycles. The van der Waals surface area contributed by atoms with Crippen LogP contribution in [-0.4, -0.2) is 48.4 Å². The molecular formula is C24H27N3O3S. The van der Waals surface area contributed by atoms with Crippen LogP contribution in [0.4, 0.5) is 5.13 Å². The number of thiazole rings is 1. The highest BCUT2D eigenvalue weighted by Gasteiger charge is 2.37. The van der Waals surface area contributed by atoms with Crippen LogP contribution < -0.4 is 9.64 Å². The minimum atomic E-state index is -0.329. The first-order valence-electron chi connectivity index (χ1n) is 10.5. The van der Waals surface area contributed by atoms with Gasteiger partial charge in [-0.05, 0) is 49.6 Å². The summed E-state index contributed by atoms with van der Waals surface area (Å²) >= 11 is 1.49. The first-order chi connectivity index (χ1) is 14.9. The van der Waals surface area contributed by atoms with Crippen LogP contribution in [0.2, 0.25) is 0 Å². The molecular weight excluding hydrogens is 410 g/mol. The summed E-state index contributed by atoms with van der Waals surface area (Å²) in [6.07, 6.45) is 0.968. The molecule has 162 valence electrons. The lowest BCUT2D eigenvalue weighted by Gasteiger charge is -2.21. The quantitative estimate of drug-likeness (QED) is 0.520. The number of benzene rings is 2. The molecule has 3 aromatic rings. The Labute approximate surface area is 186 Å². The number of hydrogen-bond acceptors (Lipinski definition) is 5. The topological polar surface area (TPSA) is 62.7 Å². The highest BCUT2D eigenvalue weighted by Crippen LogP contribution is 2.33. The van der Waals surface area contributed by atoms with Gasteiger partial charge in [0.2, 0.25) is 11.8 Å². The third kappa shape index (κ3) is 4.71. The van der Waals surface area contributed by atoms with E-state index in [-0.39, 0.29) is 24.2 Å².